The summed E-state index contributed by atoms with van der Waals surface area (Å²) in [6, 6.07) is 9.05. The molecule has 2 nitrogen and oxygen atoms in total. The molecule has 0 radical (unpaired) electrons. The molecule has 2 rings (SSSR count). The van der Waals surface area contributed by atoms with Crippen LogP contribution in [0.3, 0.4) is 0 Å². The maximum atomic E-state index is 5.74. The van der Waals surface area contributed by atoms with Crippen LogP contribution in [-0.4, -0.2) is 6.04 Å². The Bertz CT molecular complexity index is 369. The first kappa shape index (κ1) is 14.5. The molecule has 0 heterocycles. The number of benzene rings is 1. The largest absolute Gasteiger partial charge is 0.271 e. The highest BCUT2D eigenvalue weighted by Gasteiger charge is 2.16. The van der Waals surface area contributed by atoms with Crippen molar-refractivity contribution in [1.82, 2.24) is 5.43 Å². The van der Waals surface area contributed by atoms with Crippen LogP contribution in [0.4, 0.5) is 0 Å². The van der Waals surface area contributed by atoms with Gasteiger partial charge in [0, 0.05) is 6.04 Å². The summed E-state index contributed by atoms with van der Waals surface area (Å²) in [4.78, 5) is 0. The first-order valence-corrected chi connectivity index (χ1v) is 7.80. The lowest BCUT2D eigenvalue weighted by Crippen LogP contribution is -2.37. The predicted molar refractivity (Wildman–Crippen MR) is 81.8 cm³/mol. The molecule has 19 heavy (non-hydrogen) atoms. The molecule has 1 saturated carbocycles. The molecule has 1 aromatic carbocycles. The zero-order valence-electron chi connectivity index (χ0n) is 12.2. The molecular weight excluding hydrogens is 232 g/mol. The van der Waals surface area contributed by atoms with Crippen LogP contribution in [0.15, 0.2) is 24.3 Å². The van der Waals surface area contributed by atoms with E-state index in [4.69, 9.17) is 5.84 Å². The Morgan fingerprint density at radius 3 is 2.63 bits per heavy atom. The van der Waals surface area contributed by atoms with Crippen LogP contribution in [0.5, 0.6) is 0 Å². The average Bonchev–Trinajstić information content (AvgIpc) is 2.46. The molecule has 1 aliphatic carbocycles. The normalized spacial score (nSPS) is 18.4. The molecule has 1 atom stereocenters. The number of nitrogens with one attached hydrogen (secondary N) is 1. The monoisotopic (exact) mass is 260 g/mol. The highest BCUT2D eigenvalue weighted by atomic mass is 15.2. The minimum atomic E-state index is 0.419. The first-order valence-electron chi connectivity index (χ1n) is 7.80. The van der Waals surface area contributed by atoms with Crippen molar-refractivity contribution < 1.29 is 0 Å². The Morgan fingerprint density at radius 1 is 1.21 bits per heavy atom. The predicted octanol–water partition coefficient (Wildman–Crippen LogP) is 3.73. The van der Waals surface area contributed by atoms with E-state index in [1.54, 1.807) is 0 Å². The summed E-state index contributed by atoms with van der Waals surface area (Å²) < 4.78 is 0. The zero-order valence-corrected chi connectivity index (χ0v) is 12.2. The van der Waals surface area contributed by atoms with E-state index in [2.05, 4.69) is 36.6 Å². The van der Waals surface area contributed by atoms with Crippen molar-refractivity contribution in [2.75, 3.05) is 0 Å². The number of hydrogen-bond donors (Lipinski definition) is 2. The smallest absolute Gasteiger partial charge is 0.0251 e. The molecule has 0 aliphatic heterocycles. The third kappa shape index (κ3) is 4.63. The number of aryl methyl sites for hydroxylation is 1. The molecular formula is C17H28N2. The lowest BCUT2D eigenvalue weighted by atomic mass is 9.84. The quantitative estimate of drug-likeness (QED) is 0.604. The third-order valence-electron chi connectivity index (χ3n) is 4.61. The summed E-state index contributed by atoms with van der Waals surface area (Å²) >= 11 is 0. The van der Waals surface area contributed by atoms with Gasteiger partial charge in [-0.05, 0) is 43.2 Å². The van der Waals surface area contributed by atoms with Crippen molar-refractivity contribution in [3.63, 3.8) is 0 Å². The van der Waals surface area contributed by atoms with Gasteiger partial charge >= 0.3 is 0 Å². The maximum Gasteiger partial charge on any atom is 0.0251 e. The van der Waals surface area contributed by atoms with Gasteiger partial charge in [0.25, 0.3) is 0 Å². The molecule has 0 saturated heterocycles. The number of hydrogen-bond acceptors (Lipinski definition) is 2. The number of nitrogens with two attached hydrogens (primary N) is 1. The van der Waals surface area contributed by atoms with Crippen LogP contribution in [0.2, 0.25) is 0 Å². The lowest BCUT2D eigenvalue weighted by molar-refractivity contribution is 0.313. The summed E-state index contributed by atoms with van der Waals surface area (Å²) in [6.07, 6.45) is 10.8. The molecule has 1 unspecified atom stereocenters. The van der Waals surface area contributed by atoms with Crippen molar-refractivity contribution in [1.29, 1.82) is 0 Å². The summed E-state index contributed by atoms with van der Waals surface area (Å²) in [5.41, 5.74) is 5.82. The van der Waals surface area contributed by atoms with E-state index in [0.717, 1.165) is 12.3 Å². The second-order valence-corrected chi connectivity index (χ2v) is 6.08. The second kappa shape index (κ2) is 7.66. The lowest BCUT2D eigenvalue weighted by Gasteiger charge is -2.24. The fraction of sp³-hybridized carbons (Fsp3) is 0.647. The van der Waals surface area contributed by atoms with Crippen molar-refractivity contribution in [3.05, 3.63) is 35.4 Å². The zero-order chi connectivity index (χ0) is 13.5. The standard InChI is InChI=1S/C17H28N2/c1-14-7-5-6-10-16(14)13-17(19-18)12-11-15-8-3-2-4-9-15/h5-7,10,15,17,19H,2-4,8-9,11-13,18H2,1H3. The number of rotatable bonds is 6. The van der Waals surface area contributed by atoms with Gasteiger partial charge in [-0.15, -0.1) is 0 Å². The van der Waals surface area contributed by atoms with Gasteiger partial charge in [0.2, 0.25) is 0 Å². The molecule has 3 N–H and O–H groups in total. The van der Waals surface area contributed by atoms with E-state index < -0.39 is 0 Å². The Labute approximate surface area is 117 Å². The molecule has 0 amide bonds. The SMILES string of the molecule is Cc1ccccc1CC(CCC1CCCCC1)NN. The van der Waals surface area contributed by atoms with Crippen LogP contribution in [0.25, 0.3) is 0 Å². The van der Waals surface area contributed by atoms with Gasteiger partial charge < -0.3 is 0 Å². The third-order valence-corrected chi connectivity index (χ3v) is 4.61. The van der Waals surface area contributed by atoms with E-state index >= 15 is 0 Å². The first-order chi connectivity index (χ1) is 9.29. The van der Waals surface area contributed by atoms with Gasteiger partial charge in [-0.25, -0.2) is 0 Å². The van der Waals surface area contributed by atoms with Crippen LogP contribution in [0, 0.1) is 12.8 Å². The minimum absolute atomic E-state index is 0.419. The minimum Gasteiger partial charge on any atom is -0.271 e. The molecule has 0 spiro atoms. The van der Waals surface area contributed by atoms with E-state index in [0.29, 0.717) is 6.04 Å². The van der Waals surface area contributed by atoms with Crippen LogP contribution >= 0.6 is 0 Å². The number of hydrazine groups is 1. The molecule has 0 bridgehead atoms. The summed E-state index contributed by atoms with van der Waals surface area (Å²) in [6.45, 7) is 2.18. The van der Waals surface area contributed by atoms with Gasteiger partial charge in [-0.1, -0.05) is 56.4 Å². The van der Waals surface area contributed by atoms with Crippen molar-refractivity contribution in [3.8, 4) is 0 Å². The maximum absolute atomic E-state index is 5.74. The van der Waals surface area contributed by atoms with Crippen LogP contribution in [-0.2, 0) is 6.42 Å². The van der Waals surface area contributed by atoms with Gasteiger partial charge in [0.05, 0.1) is 0 Å². The van der Waals surface area contributed by atoms with E-state index in [1.807, 2.05) is 0 Å². The van der Waals surface area contributed by atoms with Crippen LogP contribution in [0.1, 0.15) is 56.1 Å². The molecule has 1 aromatic rings. The second-order valence-electron chi connectivity index (χ2n) is 6.08. The van der Waals surface area contributed by atoms with Crippen LogP contribution < -0.4 is 11.3 Å². The Balaban J connectivity index is 1.81. The van der Waals surface area contributed by atoms with E-state index in [1.165, 1.54) is 56.1 Å². The topological polar surface area (TPSA) is 38.0 Å². The highest BCUT2D eigenvalue weighted by Crippen LogP contribution is 2.28. The van der Waals surface area contributed by atoms with Crippen molar-refractivity contribution >= 4 is 0 Å². The molecule has 0 aromatic heterocycles. The van der Waals surface area contributed by atoms with Gasteiger partial charge in [-0.3, -0.25) is 11.3 Å². The van der Waals surface area contributed by atoms with Crippen molar-refractivity contribution in [2.24, 2.45) is 11.8 Å². The Hall–Kier alpha value is -0.860. The summed E-state index contributed by atoms with van der Waals surface area (Å²) in [7, 11) is 0. The fourth-order valence-corrected chi connectivity index (χ4v) is 3.26. The molecule has 2 heteroatoms. The van der Waals surface area contributed by atoms with Gasteiger partial charge in [0.15, 0.2) is 0 Å². The van der Waals surface area contributed by atoms with Gasteiger partial charge in [-0.2, -0.15) is 0 Å². The molecule has 106 valence electrons. The Morgan fingerprint density at radius 2 is 1.95 bits per heavy atom. The summed E-state index contributed by atoms with van der Waals surface area (Å²) in [5.74, 6) is 6.68. The van der Waals surface area contributed by atoms with Crippen molar-refractivity contribution in [2.45, 2.75) is 64.3 Å². The van der Waals surface area contributed by atoms with E-state index in [-0.39, 0.29) is 0 Å². The highest BCUT2D eigenvalue weighted by molar-refractivity contribution is 5.26. The van der Waals surface area contributed by atoms with E-state index in [9.17, 15) is 0 Å². The average molecular weight is 260 g/mol. The Kier molecular flexibility index (Phi) is 5.87. The summed E-state index contributed by atoms with van der Waals surface area (Å²) in [5, 5.41) is 0. The van der Waals surface area contributed by atoms with Gasteiger partial charge in [0.1, 0.15) is 0 Å². The molecule has 1 aliphatic rings. The molecule has 1 fully saturated rings. The fourth-order valence-electron chi connectivity index (χ4n) is 3.26.